The van der Waals surface area contributed by atoms with Crippen LogP contribution in [0.5, 0.6) is 5.75 Å². The molecule has 1 aromatic rings. The summed E-state index contributed by atoms with van der Waals surface area (Å²) in [6, 6.07) is 6.23. The third-order valence-electron chi connectivity index (χ3n) is 1.34. The first-order chi connectivity index (χ1) is 5.24. The molecule has 0 heterocycles. The van der Waals surface area contributed by atoms with E-state index in [0.717, 1.165) is 0 Å². The van der Waals surface area contributed by atoms with Crippen molar-refractivity contribution in [2.75, 3.05) is 7.11 Å². The number of rotatable bonds is 2. The van der Waals surface area contributed by atoms with Crippen LogP contribution >= 0.6 is 17.0 Å². The first-order valence-electron chi connectivity index (χ1n) is 3.11. The van der Waals surface area contributed by atoms with Gasteiger partial charge in [-0.15, -0.1) is 17.0 Å². The van der Waals surface area contributed by atoms with Crippen LogP contribution in [0.4, 0.5) is 0 Å². The maximum Gasteiger partial charge on any atom is 0.335 e. The second kappa shape index (κ2) is 4.77. The van der Waals surface area contributed by atoms with Gasteiger partial charge in [0.25, 0.3) is 0 Å². The molecule has 66 valence electrons. The first kappa shape index (κ1) is 11.0. The van der Waals surface area contributed by atoms with Gasteiger partial charge in [0.15, 0.2) is 0 Å². The number of carboxylic acid groups (broad SMARTS) is 1. The van der Waals surface area contributed by atoms with E-state index in [2.05, 4.69) is 0 Å². The number of halogens is 1. The lowest BCUT2D eigenvalue weighted by Crippen LogP contribution is -1.95. The molecule has 0 aromatic heterocycles. The van der Waals surface area contributed by atoms with Crippen molar-refractivity contribution in [2.24, 2.45) is 0 Å². The molecule has 0 atom stereocenters. The van der Waals surface area contributed by atoms with E-state index in [1.54, 1.807) is 12.1 Å². The van der Waals surface area contributed by atoms with Gasteiger partial charge in [0.2, 0.25) is 0 Å². The molecular formula is C8H9BrO3. The van der Waals surface area contributed by atoms with Gasteiger partial charge in [-0.3, -0.25) is 0 Å². The van der Waals surface area contributed by atoms with Crippen LogP contribution in [0.25, 0.3) is 0 Å². The minimum absolute atomic E-state index is 0. The lowest BCUT2D eigenvalue weighted by molar-refractivity contribution is 0.0697. The summed E-state index contributed by atoms with van der Waals surface area (Å²) in [7, 11) is 1.54. The van der Waals surface area contributed by atoms with E-state index in [1.165, 1.54) is 19.2 Å². The summed E-state index contributed by atoms with van der Waals surface area (Å²) in [6.45, 7) is 0. The van der Waals surface area contributed by atoms with Crippen LogP contribution in [-0.4, -0.2) is 18.2 Å². The molecule has 4 heteroatoms. The van der Waals surface area contributed by atoms with Gasteiger partial charge in [0.05, 0.1) is 12.7 Å². The van der Waals surface area contributed by atoms with E-state index < -0.39 is 5.97 Å². The number of aromatic carboxylic acids is 1. The molecule has 0 saturated heterocycles. The Morgan fingerprint density at radius 2 is 1.83 bits per heavy atom. The van der Waals surface area contributed by atoms with Gasteiger partial charge in [-0.1, -0.05) is 0 Å². The van der Waals surface area contributed by atoms with Crippen molar-refractivity contribution in [3.8, 4) is 5.75 Å². The molecule has 1 N–H and O–H groups in total. The fourth-order valence-electron chi connectivity index (χ4n) is 0.734. The van der Waals surface area contributed by atoms with Gasteiger partial charge in [-0.25, -0.2) is 4.79 Å². The number of carboxylic acids is 1. The second-order valence-electron chi connectivity index (χ2n) is 2.03. The van der Waals surface area contributed by atoms with Crippen molar-refractivity contribution < 1.29 is 14.6 Å². The van der Waals surface area contributed by atoms with E-state index in [9.17, 15) is 4.79 Å². The second-order valence-corrected chi connectivity index (χ2v) is 2.03. The quantitative estimate of drug-likeness (QED) is 0.849. The minimum atomic E-state index is -0.923. The van der Waals surface area contributed by atoms with Crippen LogP contribution in [0, 0.1) is 0 Å². The topological polar surface area (TPSA) is 46.5 Å². The van der Waals surface area contributed by atoms with Crippen molar-refractivity contribution in [3.63, 3.8) is 0 Å². The zero-order valence-corrected chi connectivity index (χ0v) is 8.19. The molecule has 12 heavy (non-hydrogen) atoms. The Labute approximate surface area is 80.7 Å². The summed E-state index contributed by atoms with van der Waals surface area (Å²) in [6.07, 6.45) is 0. The number of methoxy groups -OCH3 is 1. The van der Waals surface area contributed by atoms with Crippen molar-refractivity contribution in [3.05, 3.63) is 29.8 Å². The predicted molar refractivity (Wildman–Crippen MR) is 50.3 cm³/mol. The van der Waals surface area contributed by atoms with Crippen molar-refractivity contribution in [1.82, 2.24) is 0 Å². The summed E-state index contributed by atoms with van der Waals surface area (Å²) in [5.41, 5.74) is 0.269. The van der Waals surface area contributed by atoms with Gasteiger partial charge >= 0.3 is 5.97 Å². The van der Waals surface area contributed by atoms with Gasteiger partial charge in [-0.2, -0.15) is 0 Å². The highest BCUT2D eigenvalue weighted by molar-refractivity contribution is 8.93. The third-order valence-corrected chi connectivity index (χ3v) is 1.34. The van der Waals surface area contributed by atoms with Gasteiger partial charge in [0, 0.05) is 0 Å². The molecule has 0 aliphatic rings. The van der Waals surface area contributed by atoms with E-state index in [-0.39, 0.29) is 22.5 Å². The van der Waals surface area contributed by atoms with Crippen LogP contribution < -0.4 is 4.74 Å². The summed E-state index contributed by atoms with van der Waals surface area (Å²) >= 11 is 0. The summed E-state index contributed by atoms with van der Waals surface area (Å²) in [4.78, 5) is 10.4. The van der Waals surface area contributed by atoms with Gasteiger partial charge < -0.3 is 9.84 Å². The van der Waals surface area contributed by atoms with E-state index in [1.807, 2.05) is 0 Å². The van der Waals surface area contributed by atoms with Crippen molar-refractivity contribution >= 4 is 23.0 Å². The average molecular weight is 233 g/mol. The van der Waals surface area contributed by atoms with E-state index in [4.69, 9.17) is 9.84 Å². The summed E-state index contributed by atoms with van der Waals surface area (Å²) in [5.74, 6) is -0.261. The first-order valence-corrected chi connectivity index (χ1v) is 3.11. The molecule has 0 aliphatic carbocycles. The highest BCUT2D eigenvalue weighted by Gasteiger charge is 2.00. The van der Waals surface area contributed by atoms with E-state index >= 15 is 0 Å². The number of carbonyl (C=O) groups is 1. The minimum Gasteiger partial charge on any atom is -0.497 e. The molecule has 3 nitrogen and oxygen atoms in total. The normalized spacial score (nSPS) is 8.42. The summed E-state index contributed by atoms with van der Waals surface area (Å²) in [5, 5.41) is 8.51. The molecule has 0 aliphatic heterocycles. The fraction of sp³-hybridized carbons (Fsp3) is 0.125. The number of benzene rings is 1. The smallest absolute Gasteiger partial charge is 0.335 e. The van der Waals surface area contributed by atoms with Crippen LogP contribution in [0.15, 0.2) is 24.3 Å². The van der Waals surface area contributed by atoms with E-state index in [0.29, 0.717) is 5.75 Å². The molecule has 0 fully saturated rings. The van der Waals surface area contributed by atoms with Crippen LogP contribution in [0.3, 0.4) is 0 Å². The maximum atomic E-state index is 10.4. The Hall–Kier alpha value is -1.03. The maximum absolute atomic E-state index is 10.4. The molecule has 0 radical (unpaired) electrons. The Balaban J connectivity index is 0.00000121. The van der Waals surface area contributed by atoms with Gasteiger partial charge in [-0.05, 0) is 24.3 Å². The Kier molecular flexibility index (Phi) is 4.36. The Morgan fingerprint density at radius 3 is 2.17 bits per heavy atom. The van der Waals surface area contributed by atoms with Gasteiger partial charge in [0.1, 0.15) is 5.75 Å². The molecule has 0 bridgehead atoms. The Bertz CT molecular complexity index is 256. The summed E-state index contributed by atoms with van der Waals surface area (Å²) < 4.78 is 4.86. The van der Waals surface area contributed by atoms with Crippen LogP contribution in [-0.2, 0) is 0 Å². The lowest BCUT2D eigenvalue weighted by atomic mass is 10.2. The van der Waals surface area contributed by atoms with Crippen LogP contribution in [0.2, 0.25) is 0 Å². The third kappa shape index (κ3) is 2.54. The number of hydrogen-bond donors (Lipinski definition) is 1. The molecule has 0 saturated carbocycles. The zero-order valence-electron chi connectivity index (χ0n) is 6.48. The monoisotopic (exact) mass is 232 g/mol. The standard InChI is InChI=1S/C8H8O3.BrH/c1-11-7-4-2-6(3-5-7)8(9)10;/h2-5H,1H3,(H,9,10);1H. The molecule has 1 aromatic carbocycles. The SMILES string of the molecule is Br.COc1ccc(C(=O)O)cc1. The molecule has 1 rings (SSSR count). The zero-order chi connectivity index (χ0) is 8.27. The van der Waals surface area contributed by atoms with Crippen LogP contribution in [0.1, 0.15) is 10.4 Å². The molecule has 0 spiro atoms. The lowest BCUT2D eigenvalue weighted by Gasteiger charge is -1.98. The average Bonchev–Trinajstić information content (AvgIpc) is 2.05. The highest BCUT2D eigenvalue weighted by Crippen LogP contribution is 2.10. The number of ether oxygens (including phenoxy) is 1. The molecular weight excluding hydrogens is 224 g/mol. The Morgan fingerprint density at radius 1 is 1.33 bits per heavy atom. The highest BCUT2D eigenvalue weighted by atomic mass is 79.9. The number of hydrogen-bond acceptors (Lipinski definition) is 2. The van der Waals surface area contributed by atoms with Crippen molar-refractivity contribution in [2.45, 2.75) is 0 Å². The van der Waals surface area contributed by atoms with Crippen molar-refractivity contribution in [1.29, 1.82) is 0 Å². The fourth-order valence-corrected chi connectivity index (χ4v) is 0.734. The largest absolute Gasteiger partial charge is 0.497 e. The predicted octanol–water partition coefficient (Wildman–Crippen LogP) is 1.97. The molecule has 0 unspecified atom stereocenters. The molecule has 0 amide bonds.